The van der Waals surface area contributed by atoms with E-state index in [-0.39, 0.29) is 23.0 Å². The summed E-state index contributed by atoms with van der Waals surface area (Å²) in [6.07, 6.45) is 1.02. The zero-order chi connectivity index (χ0) is 14.5. The Balaban J connectivity index is 2.34. The molecule has 0 fully saturated rings. The second-order valence-corrected chi connectivity index (χ2v) is 3.85. The minimum Gasteiger partial charge on any atom is -0.354 e. The van der Waals surface area contributed by atoms with E-state index in [2.05, 4.69) is 20.6 Å². The highest BCUT2D eigenvalue weighted by molar-refractivity contribution is 5.65. The van der Waals surface area contributed by atoms with Crippen LogP contribution in [0.2, 0.25) is 0 Å². The van der Waals surface area contributed by atoms with Gasteiger partial charge in [-0.2, -0.15) is 10.2 Å². The molecule has 102 valence electrons. The van der Waals surface area contributed by atoms with Crippen LogP contribution in [0.25, 0.3) is 0 Å². The number of rotatable bonds is 4. The number of nitrogens with zero attached hydrogens (tertiary/aromatic N) is 3. The molecule has 1 heterocycles. The predicted octanol–water partition coefficient (Wildman–Crippen LogP) is 2.80. The number of hydrogen-bond donors (Lipinski definition) is 2. The third-order valence-corrected chi connectivity index (χ3v) is 2.43. The first kappa shape index (κ1) is 13.7. The zero-order valence-corrected chi connectivity index (χ0v) is 10.6. The van der Waals surface area contributed by atoms with E-state index >= 15 is 0 Å². The fraction of sp³-hybridized carbons (Fsp3) is 0.154. The van der Waals surface area contributed by atoms with E-state index in [9.17, 15) is 8.78 Å². The number of aromatic nitrogens is 2. The van der Waals surface area contributed by atoms with Crippen molar-refractivity contribution in [3.63, 3.8) is 0 Å². The summed E-state index contributed by atoms with van der Waals surface area (Å²) in [5.41, 5.74) is 0.335. The average Bonchev–Trinajstić information content (AvgIpc) is 2.44. The molecule has 7 heteroatoms. The lowest BCUT2D eigenvalue weighted by molar-refractivity contribution is 0.619. The highest BCUT2D eigenvalue weighted by Gasteiger charge is 2.10. The lowest BCUT2D eigenvalue weighted by atomic mass is 10.2. The number of halogens is 2. The molecule has 0 saturated carbocycles. The Labute approximate surface area is 114 Å². The standard InChI is InChI=1S/C13H11F2N5/c1-2-17-13-18-7-10(15)12(20-13)19-11-4-3-9(14)5-8(11)6-16/h3-5,7H,2H2,1H3,(H2,17,18,19,20). The van der Waals surface area contributed by atoms with Gasteiger partial charge in [0.15, 0.2) is 11.6 Å². The van der Waals surface area contributed by atoms with Crippen LogP contribution in [-0.2, 0) is 0 Å². The number of benzene rings is 1. The van der Waals surface area contributed by atoms with Gasteiger partial charge >= 0.3 is 0 Å². The van der Waals surface area contributed by atoms with Crippen LogP contribution < -0.4 is 10.6 Å². The molecule has 0 bridgehead atoms. The molecule has 2 rings (SSSR count). The Morgan fingerprint density at radius 2 is 2.15 bits per heavy atom. The Kier molecular flexibility index (Phi) is 4.05. The van der Waals surface area contributed by atoms with Crippen molar-refractivity contribution in [3.05, 3.63) is 41.6 Å². The monoisotopic (exact) mass is 275 g/mol. The normalized spacial score (nSPS) is 9.90. The summed E-state index contributed by atoms with van der Waals surface area (Å²) in [5, 5.41) is 14.4. The lowest BCUT2D eigenvalue weighted by Crippen LogP contribution is -2.06. The Morgan fingerprint density at radius 1 is 1.35 bits per heavy atom. The van der Waals surface area contributed by atoms with Gasteiger partial charge in [-0.25, -0.2) is 13.8 Å². The Morgan fingerprint density at radius 3 is 2.85 bits per heavy atom. The second-order valence-electron chi connectivity index (χ2n) is 3.85. The fourth-order valence-corrected chi connectivity index (χ4v) is 1.54. The molecular weight excluding hydrogens is 264 g/mol. The van der Waals surface area contributed by atoms with Crippen LogP contribution in [0, 0.1) is 23.0 Å². The molecule has 1 aromatic heterocycles. The van der Waals surface area contributed by atoms with Gasteiger partial charge in [-0.3, -0.25) is 0 Å². The molecule has 5 nitrogen and oxygen atoms in total. The van der Waals surface area contributed by atoms with Gasteiger partial charge in [0.2, 0.25) is 5.95 Å². The highest BCUT2D eigenvalue weighted by Crippen LogP contribution is 2.22. The molecule has 0 aliphatic rings. The SMILES string of the molecule is CCNc1ncc(F)c(Nc2ccc(F)cc2C#N)n1. The number of nitrogens with one attached hydrogen (secondary N) is 2. The first-order valence-electron chi connectivity index (χ1n) is 5.87. The maximum atomic E-state index is 13.6. The first-order chi connectivity index (χ1) is 9.63. The number of hydrogen-bond acceptors (Lipinski definition) is 5. The molecule has 0 aliphatic carbocycles. The van der Waals surface area contributed by atoms with E-state index in [1.807, 2.05) is 13.0 Å². The average molecular weight is 275 g/mol. The summed E-state index contributed by atoms with van der Waals surface area (Å²) in [4.78, 5) is 7.71. The van der Waals surface area contributed by atoms with Crippen LogP contribution in [0.1, 0.15) is 12.5 Å². The topological polar surface area (TPSA) is 73.6 Å². The van der Waals surface area contributed by atoms with Crippen LogP contribution >= 0.6 is 0 Å². The molecule has 1 aromatic carbocycles. The Bertz CT molecular complexity index is 666. The maximum Gasteiger partial charge on any atom is 0.224 e. The summed E-state index contributed by atoms with van der Waals surface area (Å²) in [7, 11) is 0. The van der Waals surface area contributed by atoms with Crippen LogP contribution in [0.5, 0.6) is 0 Å². The molecule has 0 aliphatic heterocycles. The third kappa shape index (κ3) is 2.98. The molecule has 2 N–H and O–H groups in total. The van der Waals surface area contributed by atoms with E-state index in [0.717, 1.165) is 12.3 Å². The molecule has 0 unspecified atom stereocenters. The molecule has 0 radical (unpaired) electrons. The van der Waals surface area contributed by atoms with Crippen molar-refractivity contribution in [2.24, 2.45) is 0 Å². The van der Waals surface area contributed by atoms with E-state index in [4.69, 9.17) is 5.26 Å². The highest BCUT2D eigenvalue weighted by atomic mass is 19.1. The van der Waals surface area contributed by atoms with Crippen LogP contribution in [-0.4, -0.2) is 16.5 Å². The number of nitriles is 1. The summed E-state index contributed by atoms with van der Waals surface area (Å²) in [6.45, 7) is 2.44. The minimum atomic E-state index is -0.667. The predicted molar refractivity (Wildman–Crippen MR) is 70.6 cm³/mol. The van der Waals surface area contributed by atoms with E-state index < -0.39 is 11.6 Å². The molecule has 2 aromatic rings. The largest absolute Gasteiger partial charge is 0.354 e. The van der Waals surface area contributed by atoms with Crippen molar-refractivity contribution in [2.75, 3.05) is 17.2 Å². The van der Waals surface area contributed by atoms with Crippen LogP contribution in [0.4, 0.5) is 26.2 Å². The van der Waals surface area contributed by atoms with Gasteiger partial charge in [0.25, 0.3) is 0 Å². The molecule has 20 heavy (non-hydrogen) atoms. The van der Waals surface area contributed by atoms with Crippen molar-refractivity contribution in [1.82, 2.24) is 9.97 Å². The van der Waals surface area contributed by atoms with Crippen LogP contribution in [0.3, 0.4) is 0 Å². The number of anilines is 3. The van der Waals surface area contributed by atoms with E-state index in [1.165, 1.54) is 12.1 Å². The summed E-state index contributed by atoms with van der Waals surface area (Å²) < 4.78 is 26.7. The zero-order valence-electron chi connectivity index (χ0n) is 10.6. The lowest BCUT2D eigenvalue weighted by Gasteiger charge is -2.09. The van der Waals surface area contributed by atoms with Crippen LogP contribution in [0.15, 0.2) is 24.4 Å². The second kappa shape index (κ2) is 5.93. The molecular formula is C13H11F2N5. The van der Waals surface area contributed by atoms with Gasteiger partial charge in [0.1, 0.15) is 11.9 Å². The maximum absolute atomic E-state index is 13.6. The first-order valence-corrected chi connectivity index (χ1v) is 5.87. The van der Waals surface area contributed by atoms with Gasteiger partial charge in [-0.1, -0.05) is 0 Å². The van der Waals surface area contributed by atoms with E-state index in [0.29, 0.717) is 6.54 Å². The molecule has 0 atom stereocenters. The van der Waals surface area contributed by atoms with Gasteiger partial charge < -0.3 is 10.6 Å². The van der Waals surface area contributed by atoms with E-state index in [1.54, 1.807) is 0 Å². The van der Waals surface area contributed by atoms with Crippen molar-refractivity contribution in [2.45, 2.75) is 6.92 Å². The van der Waals surface area contributed by atoms with Crippen molar-refractivity contribution in [1.29, 1.82) is 5.26 Å². The quantitative estimate of drug-likeness (QED) is 0.897. The molecule has 0 saturated heterocycles. The van der Waals surface area contributed by atoms with Gasteiger partial charge in [0.05, 0.1) is 17.4 Å². The van der Waals surface area contributed by atoms with Gasteiger partial charge in [0, 0.05) is 6.54 Å². The molecule has 0 spiro atoms. The van der Waals surface area contributed by atoms with Crippen molar-refractivity contribution >= 4 is 17.5 Å². The molecule has 0 amide bonds. The Hall–Kier alpha value is -2.75. The van der Waals surface area contributed by atoms with Gasteiger partial charge in [-0.05, 0) is 25.1 Å². The van der Waals surface area contributed by atoms with Crippen molar-refractivity contribution in [3.8, 4) is 6.07 Å². The third-order valence-electron chi connectivity index (χ3n) is 2.43. The minimum absolute atomic E-state index is 0.0630. The summed E-state index contributed by atoms with van der Waals surface area (Å²) >= 11 is 0. The fourth-order valence-electron chi connectivity index (χ4n) is 1.54. The van der Waals surface area contributed by atoms with Crippen molar-refractivity contribution < 1.29 is 8.78 Å². The smallest absolute Gasteiger partial charge is 0.224 e. The summed E-state index contributed by atoms with van der Waals surface area (Å²) in [5.74, 6) is -1.03. The summed E-state index contributed by atoms with van der Waals surface area (Å²) in [6, 6.07) is 5.42. The van der Waals surface area contributed by atoms with Gasteiger partial charge in [-0.15, -0.1) is 0 Å².